The molecule has 1 N–H and O–H groups in total. The summed E-state index contributed by atoms with van der Waals surface area (Å²) in [6.45, 7) is 11.3. The van der Waals surface area contributed by atoms with Crippen molar-refractivity contribution < 1.29 is 9.53 Å². The van der Waals surface area contributed by atoms with Gasteiger partial charge in [-0.25, -0.2) is 15.0 Å². The number of nitrogens with one attached hydrogen (secondary N) is 1. The number of anilines is 2. The van der Waals surface area contributed by atoms with E-state index in [9.17, 15) is 4.79 Å². The summed E-state index contributed by atoms with van der Waals surface area (Å²) in [5.41, 5.74) is 0.998. The van der Waals surface area contributed by atoms with Crippen LogP contribution in [0.15, 0.2) is 24.9 Å². The fraction of sp³-hybridized carbons (Fsp3) is 0.545. The molecule has 0 bridgehead atoms. The van der Waals surface area contributed by atoms with Crippen LogP contribution in [0.2, 0.25) is 0 Å². The molecule has 0 aliphatic carbocycles. The van der Waals surface area contributed by atoms with Gasteiger partial charge in [0.2, 0.25) is 5.91 Å². The third-order valence-electron chi connectivity index (χ3n) is 5.65. The zero-order valence-electron chi connectivity index (χ0n) is 18.0. The van der Waals surface area contributed by atoms with Crippen LogP contribution in [0.1, 0.15) is 29.2 Å². The first-order valence-electron chi connectivity index (χ1n) is 10.9. The third kappa shape index (κ3) is 6.09. The maximum absolute atomic E-state index is 12.0. The second-order valence-electron chi connectivity index (χ2n) is 8.15. The maximum Gasteiger partial charge on any atom is 0.245 e. The Bertz CT molecular complexity index is 911. The number of rotatable bonds is 7. The second-order valence-corrected chi connectivity index (χ2v) is 9.39. The van der Waals surface area contributed by atoms with E-state index in [-0.39, 0.29) is 5.91 Å². The quantitative estimate of drug-likeness (QED) is 0.660. The van der Waals surface area contributed by atoms with Crippen molar-refractivity contribution in [1.29, 1.82) is 0 Å². The Morgan fingerprint density at radius 1 is 1.35 bits per heavy atom. The summed E-state index contributed by atoms with van der Waals surface area (Å²) in [5, 5.41) is 4.18. The minimum atomic E-state index is 0.00758. The standard InChI is InChI=1S/C22H30N6O2S/c1-3-21(29)28-6-4-5-17(14-28)11-19-24-18(15-27-7-9-30-10-8-27)12-20(25-19)26-22-23-13-16(2)31-22/h3,12-13,17H,1,4-11,14-15H2,2H3,(H,23,24,25,26). The van der Waals surface area contributed by atoms with Crippen molar-refractivity contribution in [2.24, 2.45) is 5.92 Å². The molecule has 2 aromatic heterocycles. The summed E-state index contributed by atoms with van der Waals surface area (Å²) >= 11 is 1.61. The lowest BCUT2D eigenvalue weighted by Gasteiger charge is -2.32. The summed E-state index contributed by atoms with van der Waals surface area (Å²) in [4.78, 5) is 31.5. The number of hydrogen-bond donors (Lipinski definition) is 1. The van der Waals surface area contributed by atoms with Crippen LogP contribution in [0.4, 0.5) is 10.9 Å². The van der Waals surface area contributed by atoms with Crippen molar-refractivity contribution in [3.05, 3.63) is 41.3 Å². The van der Waals surface area contributed by atoms with E-state index < -0.39 is 0 Å². The normalized spacial score (nSPS) is 19.9. The van der Waals surface area contributed by atoms with E-state index in [1.165, 1.54) is 6.08 Å². The molecule has 31 heavy (non-hydrogen) atoms. The SMILES string of the molecule is C=CC(=O)N1CCCC(Cc2nc(CN3CCOCC3)cc(Nc3ncc(C)s3)n2)C1. The Morgan fingerprint density at radius 2 is 2.19 bits per heavy atom. The van der Waals surface area contributed by atoms with Crippen LogP contribution in [-0.4, -0.2) is 70.1 Å². The van der Waals surface area contributed by atoms with Crippen LogP contribution in [0.3, 0.4) is 0 Å². The fourth-order valence-electron chi connectivity index (χ4n) is 4.12. The van der Waals surface area contributed by atoms with E-state index in [1.54, 1.807) is 11.3 Å². The largest absolute Gasteiger partial charge is 0.379 e. The van der Waals surface area contributed by atoms with Gasteiger partial charge in [-0.05, 0) is 31.8 Å². The van der Waals surface area contributed by atoms with Crippen molar-refractivity contribution in [2.45, 2.75) is 32.7 Å². The molecule has 9 heteroatoms. The van der Waals surface area contributed by atoms with Gasteiger partial charge in [0.25, 0.3) is 0 Å². The van der Waals surface area contributed by atoms with Gasteiger partial charge in [-0.1, -0.05) is 6.58 Å². The molecule has 0 radical (unpaired) electrons. The first-order valence-corrected chi connectivity index (χ1v) is 11.7. The molecule has 2 fully saturated rings. The van der Waals surface area contributed by atoms with Gasteiger partial charge in [0.05, 0.1) is 18.9 Å². The molecular weight excluding hydrogens is 412 g/mol. The monoisotopic (exact) mass is 442 g/mol. The number of aromatic nitrogens is 3. The highest BCUT2D eigenvalue weighted by Crippen LogP contribution is 2.24. The number of piperidine rings is 1. The number of thiazole rings is 1. The molecule has 2 aliphatic heterocycles. The van der Waals surface area contributed by atoms with E-state index in [0.717, 1.165) is 92.5 Å². The van der Waals surface area contributed by atoms with Gasteiger partial charge in [-0.2, -0.15) is 0 Å². The van der Waals surface area contributed by atoms with Gasteiger partial charge >= 0.3 is 0 Å². The van der Waals surface area contributed by atoms with Gasteiger partial charge in [0, 0.05) is 56.3 Å². The van der Waals surface area contributed by atoms with Crippen LogP contribution >= 0.6 is 11.3 Å². The number of hydrogen-bond acceptors (Lipinski definition) is 8. The van der Waals surface area contributed by atoms with E-state index in [1.807, 2.05) is 24.1 Å². The van der Waals surface area contributed by atoms with Crippen molar-refractivity contribution in [1.82, 2.24) is 24.8 Å². The van der Waals surface area contributed by atoms with Crippen molar-refractivity contribution in [2.75, 3.05) is 44.7 Å². The van der Waals surface area contributed by atoms with Crippen LogP contribution in [-0.2, 0) is 22.5 Å². The Hall–Kier alpha value is -2.36. The number of aryl methyl sites for hydroxylation is 1. The molecule has 2 aliphatic rings. The molecule has 0 aromatic carbocycles. The van der Waals surface area contributed by atoms with Gasteiger partial charge in [0.15, 0.2) is 5.13 Å². The zero-order chi connectivity index (χ0) is 21.6. The molecule has 0 spiro atoms. The van der Waals surface area contributed by atoms with Crippen LogP contribution in [0.25, 0.3) is 0 Å². The van der Waals surface area contributed by atoms with Gasteiger partial charge in [0.1, 0.15) is 11.6 Å². The molecule has 4 rings (SSSR count). The molecule has 166 valence electrons. The van der Waals surface area contributed by atoms with Gasteiger partial charge < -0.3 is 15.0 Å². The molecule has 8 nitrogen and oxygen atoms in total. The lowest BCUT2D eigenvalue weighted by atomic mass is 9.94. The van der Waals surface area contributed by atoms with E-state index in [0.29, 0.717) is 5.92 Å². The van der Waals surface area contributed by atoms with E-state index in [4.69, 9.17) is 14.7 Å². The molecule has 2 saturated heterocycles. The number of morpholine rings is 1. The highest BCUT2D eigenvalue weighted by Gasteiger charge is 2.24. The Labute approximate surface area is 187 Å². The zero-order valence-corrected chi connectivity index (χ0v) is 18.9. The number of nitrogens with zero attached hydrogens (tertiary/aromatic N) is 5. The number of carbonyl (C=O) groups excluding carboxylic acids is 1. The second kappa shape index (κ2) is 10.3. The minimum Gasteiger partial charge on any atom is -0.379 e. The number of amides is 1. The fourth-order valence-corrected chi connectivity index (χ4v) is 4.79. The van der Waals surface area contributed by atoms with Crippen LogP contribution in [0, 0.1) is 12.8 Å². The highest BCUT2D eigenvalue weighted by atomic mass is 32.1. The van der Waals surface area contributed by atoms with Gasteiger partial charge in [-0.3, -0.25) is 9.69 Å². The average molecular weight is 443 g/mol. The number of likely N-dealkylation sites (tertiary alicyclic amines) is 1. The van der Waals surface area contributed by atoms with Gasteiger partial charge in [-0.15, -0.1) is 11.3 Å². The average Bonchev–Trinajstić information content (AvgIpc) is 3.18. The summed E-state index contributed by atoms with van der Waals surface area (Å²) in [6, 6.07) is 2.02. The summed E-state index contributed by atoms with van der Waals surface area (Å²) in [7, 11) is 0. The lowest BCUT2D eigenvalue weighted by molar-refractivity contribution is -0.127. The molecule has 4 heterocycles. The maximum atomic E-state index is 12.0. The predicted octanol–water partition coefficient (Wildman–Crippen LogP) is 2.78. The number of ether oxygens (including phenoxy) is 1. The smallest absolute Gasteiger partial charge is 0.245 e. The molecule has 1 unspecified atom stereocenters. The topological polar surface area (TPSA) is 83.5 Å². The Morgan fingerprint density at radius 3 is 2.94 bits per heavy atom. The van der Waals surface area contributed by atoms with Crippen molar-refractivity contribution in [3.63, 3.8) is 0 Å². The summed E-state index contributed by atoms with van der Waals surface area (Å²) in [5.74, 6) is 1.95. The first-order chi connectivity index (χ1) is 15.1. The summed E-state index contributed by atoms with van der Waals surface area (Å²) < 4.78 is 5.47. The molecule has 2 aromatic rings. The first kappa shape index (κ1) is 21.9. The molecular formula is C22H30N6O2S. The molecule has 0 saturated carbocycles. The molecule has 1 atom stereocenters. The number of carbonyl (C=O) groups is 1. The van der Waals surface area contributed by atoms with Crippen LogP contribution < -0.4 is 5.32 Å². The van der Waals surface area contributed by atoms with Crippen LogP contribution in [0.5, 0.6) is 0 Å². The lowest BCUT2D eigenvalue weighted by Crippen LogP contribution is -2.39. The van der Waals surface area contributed by atoms with Crippen molar-refractivity contribution in [3.8, 4) is 0 Å². The Balaban J connectivity index is 1.51. The highest BCUT2D eigenvalue weighted by molar-refractivity contribution is 7.15. The van der Waals surface area contributed by atoms with Crippen molar-refractivity contribution >= 4 is 28.2 Å². The van der Waals surface area contributed by atoms with E-state index >= 15 is 0 Å². The minimum absolute atomic E-state index is 0.00758. The Kier molecular flexibility index (Phi) is 7.26. The molecule has 1 amide bonds. The summed E-state index contributed by atoms with van der Waals surface area (Å²) in [6.07, 6.45) is 6.09. The third-order valence-corrected chi connectivity index (χ3v) is 6.48. The van der Waals surface area contributed by atoms with E-state index in [2.05, 4.69) is 21.8 Å². The predicted molar refractivity (Wildman–Crippen MR) is 121 cm³/mol.